The van der Waals surface area contributed by atoms with Gasteiger partial charge in [-0.05, 0) is 6.42 Å². The second kappa shape index (κ2) is 5.29. The number of carboxylic acid groups (broad SMARTS) is 1. The smallest absolute Gasteiger partial charge is 0.326 e. The van der Waals surface area contributed by atoms with E-state index in [4.69, 9.17) is 9.84 Å². The third kappa shape index (κ3) is 2.59. The van der Waals surface area contributed by atoms with Crippen molar-refractivity contribution in [3.05, 3.63) is 12.4 Å². The van der Waals surface area contributed by atoms with Gasteiger partial charge in [0.25, 0.3) is 0 Å². The molecule has 0 bridgehead atoms. The molecule has 0 spiro atoms. The van der Waals surface area contributed by atoms with E-state index in [1.807, 2.05) is 6.92 Å². The third-order valence-corrected chi connectivity index (χ3v) is 2.31. The van der Waals surface area contributed by atoms with Crippen molar-refractivity contribution >= 4 is 11.8 Å². The summed E-state index contributed by atoms with van der Waals surface area (Å²) in [6.45, 7) is 1.81. The summed E-state index contributed by atoms with van der Waals surface area (Å²) in [7, 11) is 3.16. The average molecular weight is 225 g/mol. The van der Waals surface area contributed by atoms with Crippen molar-refractivity contribution in [3.63, 3.8) is 0 Å². The van der Waals surface area contributed by atoms with Crippen molar-refractivity contribution in [1.82, 2.24) is 9.97 Å². The molecule has 16 heavy (non-hydrogen) atoms. The number of aliphatic carboxylic acids is 1. The van der Waals surface area contributed by atoms with E-state index in [9.17, 15) is 4.79 Å². The standard InChI is InChI=1S/C10H15N3O3/c1-4-7(10(14)15)13(2)8-5-11-6-9(12-8)16-3/h5-7H,4H2,1-3H3,(H,14,15). The molecule has 6 heteroatoms. The van der Waals surface area contributed by atoms with Crippen LogP contribution in [0.4, 0.5) is 5.82 Å². The molecule has 0 radical (unpaired) electrons. The first kappa shape index (κ1) is 12.2. The van der Waals surface area contributed by atoms with Crippen LogP contribution in [0.3, 0.4) is 0 Å². The van der Waals surface area contributed by atoms with Crippen molar-refractivity contribution in [2.45, 2.75) is 19.4 Å². The fraction of sp³-hybridized carbons (Fsp3) is 0.500. The highest BCUT2D eigenvalue weighted by Crippen LogP contribution is 2.16. The van der Waals surface area contributed by atoms with E-state index in [-0.39, 0.29) is 0 Å². The van der Waals surface area contributed by atoms with Gasteiger partial charge in [-0.2, -0.15) is 4.98 Å². The van der Waals surface area contributed by atoms with Crippen LogP contribution in [0, 0.1) is 0 Å². The van der Waals surface area contributed by atoms with Gasteiger partial charge in [-0.3, -0.25) is 4.98 Å². The molecular weight excluding hydrogens is 210 g/mol. The summed E-state index contributed by atoms with van der Waals surface area (Å²) in [6, 6.07) is -0.610. The number of aromatic nitrogens is 2. The molecule has 88 valence electrons. The van der Waals surface area contributed by atoms with Crippen LogP contribution in [-0.4, -0.2) is 41.2 Å². The van der Waals surface area contributed by atoms with Crippen molar-refractivity contribution in [3.8, 4) is 5.88 Å². The Morgan fingerprint density at radius 3 is 2.81 bits per heavy atom. The molecule has 1 rings (SSSR count). The molecule has 1 unspecified atom stereocenters. The molecule has 1 heterocycles. The number of methoxy groups -OCH3 is 1. The van der Waals surface area contributed by atoms with Gasteiger partial charge in [0, 0.05) is 7.05 Å². The van der Waals surface area contributed by atoms with Crippen LogP contribution in [0.1, 0.15) is 13.3 Å². The van der Waals surface area contributed by atoms with Gasteiger partial charge in [-0.1, -0.05) is 6.92 Å². The number of carboxylic acids is 1. The van der Waals surface area contributed by atoms with Gasteiger partial charge in [-0.25, -0.2) is 4.79 Å². The van der Waals surface area contributed by atoms with E-state index in [1.165, 1.54) is 19.5 Å². The zero-order valence-electron chi connectivity index (χ0n) is 9.54. The van der Waals surface area contributed by atoms with Crippen molar-refractivity contribution in [2.75, 3.05) is 19.1 Å². The summed E-state index contributed by atoms with van der Waals surface area (Å²) < 4.78 is 4.93. The lowest BCUT2D eigenvalue weighted by Crippen LogP contribution is -2.38. The van der Waals surface area contributed by atoms with E-state index in [0.717, 1.165) is 0 Å². The zero-order valence-corrected chi connectivity index (χ0v) is 9.54. The minimum Gasteiger partial charge on any atom is -0.480 e. The maximum atomic E-state index is 11.0. The molecular formula is C10H15N3O3. The molecule has 0 fully saturated rings. The predicted octanol–water partition coefficient (Wildman–Crippen LogP) is 0.785. The SMILES string of the molecule is CCC(C(=O)O)N(C)c1cncc(OC)n1. The molecule has 0 saturated heterocycles. The molecule has 1 aromatic rings. The van der Waals surface area contributed by atoms with Crippen LogP contribution in [0.2, 0.25) is 0 Å². The maximum absolute atomic E-state index is 11.0. The Morgan fingerprint density at radius 1 is 1.62 bits per heavy atom. The van der Waals surface area contributed by atoms with E-state index in [2.05, 4.69) is 9.97 Å². The largest absolute Gasteiger partial charge is 0.480 e. The van der Waals surface area contributed by atoms with Crippen LogP contribution in [0.15, 0.2) is 12.4 Å². The lowest BCUT2D eigenvalue weighted by Gasteiger charge is -2.24. The van der Waals surface area contributed by atoms with E-state index < -0.39 is 12.0 Å². The first-order valence-electron chi connectivity index (χ1n) is 4.91. The average Bonchev–Trinajstić information content (AvgIpc) is 2.29. The lowest BCUT2D eigenvalue weighted by atomic mass is 10.2. The fourth-order valence-electron chi connectivity index (χ4n) is 1.38. The fourth-order valence-corrected chi connectivity index (χ4v) is 1.38. The molecule has 0 saturated carbocycles. The molecule has 0 aliphatic carbocycles. The highest BCUT2D eigenvalue weighted by Gasteiger charge is 2.22. The van der Waals surface area contributed by atoms with E-state index >= 15 is 0 Å². The van der Waals surface area contributed by atoms with Crippen molar-refractivity contribution in [2.24, 2.45) is 0 Å². The number of nitrogens with zero attached hydrogens (tertiary/aromatic N) is 3. The number of hydrogen-bond donors (Lipinski definition) is 1. The van der Waals surface area contributed by atoms with Crippen LogP contribution >= 0.6 is 0 Å². The molecule has 0 aliphatic heterocycles. The normalized spacial score (nSPS) is 11.9. The van der Waals surface area contributed by atoms with Gasteiger partial charge in [0.15, 0.2) is 5.82 Å². The second-order valence-electron chi connectivity index (χ2n) is 3.29. The minimum atomic E-state index is -0.880. The van der Waals surface area contributed by atoms with Gasteiger partial charge in [0.1, 0.15) is 6.04 Å². The van der Waals surface area contributed by atoms with E-state index in [1.54, 1.807) is 11.9 Å². The maximum Gasteiger partial charge on any atom is 0.326 e. The molecule has 1 atom stereocenters. The molecule has 0 amide bonds. The van der Waals surface area contributed by atoms with E-state index in [0.29, 0.717) is 18.1 Å². The topological polar surface area (TPSA) is 75.5 Å². The highest BCUT2D eigenvalue weighted by atomic mass is 16.5. The zero-order chi connectivity index (χ0) is 12.1. The Labute approximate surface area is 93.9 Å². The Hall–Kier alpha value is -1.85. The Bertz CT molecular complexity index is 370. The second-order valence-corrected chi connectivity index (χ2v) is 3.29. The summed E-state index contributed by atoms with van der Waals surface area (Å²) in [5.41, 5.74) is 0. The Kier molecular flexibility index (Phi) is 4.04. The summed E-state index contributed by atoms with van der Waals surface area (Å²) in [4.78, 5) is 20.6. The quantitative estimate of drug-likeness (QED) is 0.798. The van der Waals surface area contributed by atoms with Crippen molar-refractivity contribution in [1.29, 1.82) is 0 Å². The molecule has 0 aromatic carbocycles. The number of ether oxygens (including phenoxy) is 1. The van der Waals surface area contributed by atoms with Gasteiger partial charge < -0.3 is 14.7 Å². The Morgan fingerprint density at radius 2 is 2.31 bits per heavy atom. The van der Waals surface area contributed by atoms with Crippen LogP contribution < -0.4 is 9.64 Å². The lowest BCUT2D eigenvalue weighted by molar-refractivity contribution is -0.138. The molecule has 0 aliphatic rings. The number of likely N-dealkylation sites (N-methyl/N-ethyl adjacent to an activating group) is 1. The van der Waals surface area contributed by atoms with Gasteiger partial charge >= 0.3 is 5.97 Å². The third-order valence-electron chi connectivity index (χ3n) is 2.31. The minimum absolute atomic E-state index is 0.365. The molecule has 1 aromatic heterocycles. The van der Waals surface area contributed by atoms with Gasteiger partial charge in [0.05, 0.1) is 19.5 Å². The van der Waals surface area contributed by atoms with Crippen LogP contribution in [0.25, 0.3) is 0 Å². The number of anilines is 1. The van der Waals surface area contributed by atoms with Gasteiger partial charge in [0.2, 0.25) is 5.88 Å². The van der Waals surface area contributed by atoms with Crippen LogP contribution in [-0.2, 0) is 4.79 Å². The summed E-state index contributed by atoms with van der Waals surface area (Å²) in [5.74, 6) is -0.0344. The number of rotatable bonds is 5. The van der Waals surface area contributed by atoms with Gasteiger partial charge in [-0.15, -0.1) is 0 Å². The predicted molar refractivity (Wildman–Crippen MR) is 58.7 cm³/mol. The number of carbonyl (C=O) groups is 1. The first-order chi connectivity index (χ1) is 7.60. The molecule has 6 nitrogen and oxygen atoms in total. The highest BCUT2D eigenvalue weighted by molar-refractivity contribution is 5.77. The summed E-state index contributed by atoms with van der Waals surface area (Å²) >= 11 is 0. The van der Waals surface area contributed by atoms with Crippen molar-refractivity contribution < 1.29 is 14.6 Å². The summed E-state index contributed by atoms with van der Waals surface area (Å²) in [5, 5.41) is 9.01. The number of hydrogen-bond acceptors (Lipinski definition) is 5. The monoisotopic (exact) mass is 225 g/mol. The Balaban J connectivity index is 2.93. The van der Waals surface area contributed by atoms with Crippen LogP contribution in [0.5, 0.6) is 5.88 Å². The first-order valence-corrected chi connectivity index (χ1v) is 4.91. The molecule has 1 N–H and O–H groups in total. The summed E-state index contributed by atoms with van der Waals surface area (Å²) in [6.07, 6.45) is 3.47.